The van der Waals surface area contributed by atoms with Gasteiger partial charge < -0.3 is 10.5 Å². The fourth-order valence-corrected chi connectivity index (χ4v) is 3.41. The summed E-state index contributed by atoms with van der Waals surface area (Å²) >= 11 is 3.40. The predicted molar refractivity (Wildman–Crippen MR) is 67.4 cm³/mol. The van der Waals surface area contributed by atoms with Crippen LogP contribution in [0.3, 0.4) is 0 Å². The molecule has 7 heteroatoms. The number of urea groups is 1. The Hall–Kier alpha value is -1.15. The highest BCUT2D eigenvalue weighted by Gasteiger charge is 2.06. The Morgan fingerprint density at radius 1 is 1.59 bits per heavy atom. The summed E-state index contributed by atoms with van der Waals surface area (Å²) < 4.78 is 6.63. The number of primary amides is 1. The van der Waals surface area contributed by atoms with Gasteiger partial charge in [-0.25, -0.2) is 9.86 Å². The number of ether oxygens (including phenoxy) is 1. The van der Waals surface area contributed by atoms with Crippen molar-refractivity contribution in [3.63, 3.8) is 0 Å². The molecular formula is C10H12N2O3S2. The third-order valence-electron chi connectivity index (χ3n) is 2.14. The predicted octanol–water partition coefficient (Wildman–Crippen LogP) is 2.25. The van der Waals surface area contributed by atoms with Crippen LogP contribution in [0, 0.1) is 0 Å². The van der Waals surface area contributed by atoms with Gasteiger partial charge in [-0.2, -0.15) is 0 Å². The van der Waals surface area contributed by atoms with E-state index in [0.29, 0.717) is 11.7 Å². The first-order chi connectivity index (χ1) is 8.16. The van der Waals surface area contributed by atoms with Crippen molar-refractivity contribution in [2.75, 3.05) is 13.2 Å². The lowest BCUT2D eigenvalue weighted by molar-refractivity contribution is -0.0578. The maximum absolute atomic E-state index is 10.5. The van der Waals surface area contributed by atoms with Crippen molar-refractivity contribution in [2.24, 2.45) is 5.73 Å². The maximum Gasteiger partial charge on any atom is 0.338 e. The van der Waals surface area contributed by atoms with Crippen molar-refractivity contribution < 1.29 is 14.7 Å². The Labute approximate surface area is 106 Å². The molecule has 92 valence electrons. The van der Waals surface area contributed by atoms with E-state index in [2.05, 4.69) is 17.5 Å². The fourth-order valence-electron chi connectivity index (χ4n) is 1.32. The molecule has 2 rings (SSSR count). The van der Waals surface area contributed by atoms with Crippen molar-refractivity contribution in [3.05, 3.63) is 22.4 Å². The third kappa shape index (κ3) is 3.16. The average Bonchev–Trinajstić information content (AvgIpc) is 2.83. The largest absolute Gasteiger partial charge is 0.374 e. The van der Waals surface area contributed by atoms with Crippen LogP contribution in [0.4, 0.5) is 4.79 Å². The molecule has 0 fully saturated rings. The Kier molecular flexibility index (Phi) is 3.95. The molecule has 2 heterocycles. The zero-order chi connectivity index (χ0) is 12.3. The first kappa shape index (κ1) is 12.3. The number of nitrogens with zero attached hydrogens (tertiary/aromatic N) is 1. The normalized spacial score (nSPS) is 10.9. The summed E-state index contributed by atoms with van der Waals surface area (Å²) in [5.41, 5.74) is 4.85. The summed E-state index contributed by atoms with van der Waals surface area (Å²) in [5.74, 6) is 0. The van der Waals surface area contributed by atoms with E-state index in [0.717, 1.165) is 4.88 Å². The molecule has 3 N–H and O–H groups in total. The van der Waals surface area contributed by atoms with Gasteiger partial charge in [0, 0.05) is 10.3 Å². The van der Waals surface area contributed by atoms with E-state index in [4.69, 9.17) is 15.7 Å². The van der Waals surface area contributed by atoms with Gasteiger partial charge in [-0.1, -0.05) is 0 Å². The van der Waals surface area contributed by atoms with Crippen molar-refractivity contribution in [2.45, 2.75) is 6.61 Å². The summed E-state index contributed by atoms with van der Waals surface area (Å²) in [6.45, 7) is 0.818. The van der Waals surface area contributed by atoms with Crippen LogP contribution < -0.4 is 5.73 Å². The van der Waals surface area contributed by atoms with Gasteiger partial charge in [-0.3, -0.25) is 5.21 Å². The summed E-state index contributed by atoms with van der Waals surface area (Å²) in [4.78, 5) is 11.6. The topological polar surface area (TPSA) is 75.8 Å². The molecule has 0 aliphatic heterocycles. The van der Waals surface area contributed by atoms with Gasteiger partial charge in [-0.05, 0) is 17.5 Å². The molecule has 0 radical (unpaired) electrons. The van der Waals surface area contributed by atoms with Crippen LogP contribution in [0.1, 0.15) is 4.88 Å². The lowest BCUT2D eigenvalue weighted by Gasteiger charge is -2.11. The van der Waals surface area contributed by atoms with E-state index in [-0.39, 0.29) is 13.2 Å². The molecule has 0 saturated heterocycles. The van der Waals surface area contributed by atoms with E-state index in [9.17, 15) is 4.79 Å². The summed E-state index contributed by atoms with van der Waals surface area (Å²) in [6, 6.07) is 3.29. The minimum Gasteiger partial charge on any atom is -0.374 e. The number of hydrogen-bond acceptors (Lipinski definition) is 5. The monoisotopic (exact) mass is 272 g/mol. The van der Waals surface area contributed by atoms with Crippen LogP contribution in [0.5, 0.6) is 0 Å². The molecule has 0 saturated carbocycles. The lowest BCUT2D eigenvalue weighted by atomic mass is 10.4. The average molecular weight is 272 g/mol. The van der Waals surface area contributed by atoms with E-state index in [1.165, 1.54) is 9.40 Å². The molecule has 0 aliphatic rings. The summed E-state index contributed by atoms with van der Waals surface area (Å²) in [7, 11) is 0. The number of nitrogens with two attached hydrogens (primary N) is 1. The maximum atomic E-state index is 10.5. The molecule has 2 aromatic heterocycles. The van der Waals surface area contributed by atoms with Gasteiger partial charge in [0.2, 0.25) is 0 Å². The molecule has 0 unspecified atom stereocenters. The van der Waals surface area contributed by atoms with Gasteiger partial charge >= 0.3 is 6.03 Å². The van der Waals surface area contributed by atoms with Crippen LogP contribution in [0.15, 0.2) is 17.5 Å². The molecule has 0 aromatic carbocycles. The van der Waals surface area contributed by atoms with Crippen LogP contribution in [0.2, 0.25) is 0 Å². The highest BCUT2D eigenvalue weighted by atomic mass is 32.2. The fraction of sp³-hybridized carbons (Fsp3) is 0.300. The molecule has 0 atom stereocenters. The van der Waals surface area contributed by atoms with Crippen LogP contribution >= 0.6 is 22.7 Å². The van der Waals surface area contributed by atoms with Gasteiger partial charge in [0.05, 0.1) is 23.8 Å². The van der Waals surface area contributed by atoms with Crippen LogP contribution in [-0.2, 0) is 11.3 Å². The zero-order valence-electron chi connectivity index (χ0n) is 8.96. The number of hydroxylamine groups is 2. The van der Waals surface area contributed by atoms with Crippen LogP contribution in [0.25, 0.3) is 9.40 Å². The molecule has 5 nitrogen and oxygen atoms in total. The number of amides is 2. The molecular weight excluding hydrogens is 260 g/mol. The number of thiophene rings is 2. The summed E-state index contributed by atoms with van der Waals surface area (Å²) in [5, 5.41) is 12.7. The zero-order valence-corrected chi connectivity index (χ0v) is 10.6. The minimum atomic E-state index is -0.870. The Morgan fingerprint density at radius 3 is 3.12 bits per heavy atom. The smallest absolute Gasteiger partial charge is 0.338 e. The molecule has 2 amide bonds. The second kappa shape index (κ2) is 5.46. The van der Waals surface area contributed by atoms with Gasteiger partial charge in [0.25, 0.3) is 0 Å². The first-order valence-electron chi connectivity index (χ1n) is 4.96. The van der Waals surface area contributed by atoms with E-state index in [1.807, 2.05) is 0 Å². The standard InChI is InChI=1S/C10H12N2O3S2/c11-10(13)12(14)2-3-15-6-8-5-7-1-4-16-9(7)17-8/h1,4-5,14H,2-3,6H2,(H2,11,13). The number of fused-ring (bicyclic) bond motifs is 1. The first-order valence-corrected chi connectivity index (χ1v) is 6.66. The Balaban J connectivity index is 1.75. The van der Waals surface area contributed by atoms with Crippen molar-refractivity contribution >= 4 is 38.1 Å². The number of carbonyl (C=O) groups excluding carboxylic acids is 1. The van der Waals surface area contributed by atoms with Crippen molar-refractivity contribution in [1.29, 1.82) is 0 Å². The van der Waals surface area contributed by atoms with Gasteiger partial charge in [0.1, 0.15) is 0 Å². The molecule has 0 bridgehead atoms. The highest BCUT2D eigenvalue weighted by molar-refractivity contribution is 7.37. The van der Waals surface area contributed by atoms with E-state index >= 15 is 0 Å². The van der Waals surface area contributed by atoms with Crippen LogP contribution in [-0.4, -0.2) is 29.5 Å². The SMILES string of the molecule is NC(=O)N(O)CCOCc1cc2ccsc2s1. The van der Waals surface area contributed by atoms with E-state index in [1.54, 1.807) is 22.7 Å². The highest BCUT2D eigenvalue weighted by Crippen LogP contribution is 2.30. The van der Waals surface area contributed by atoms with Crippen molar-refractivity contribution in [1.82, 2.24) is 5.06 Å². The number of hydrogen-bond donors (Lipinski definition) is 2. The molecule has 2 aromatic rings. The molecule has 17 heavy (non-hydrogen) atoms. The molecule has 0 aliphatic carbocycles. The Bertz CT molecular complexity index is 480. The molecule has 0 spiro atoms. The second-order valence-corrected chi connectivity index (χ2v) is 5.70. The van der Waals surface area contributed by atoms with Gasteiger partial charge in [0.15, 0.2) is 0 Å². The van der Waals surface area contributed by atoms with Crippen molar-refractivity contribution in [3.8, 4) is 0 Å². The van der Waals surface area contributed by atoms with Gasteiger partial charge in [-0.15, -0.1) is 22.7 Å². The number of rotatable bonds is 5. The summed E-state index contributed by atoms with van der Waals surface area (Å²) in [6.07, 6.45) is 0. The van der Waals surface area contributed by atoms with E-state index < -0.39 is 6.03 Å². The Morgan fingerprint density at radius 2 is 2.41 bits per heavy atom. The second-order valence-electron chi connectivity index (χ2n) is 3.39. The minimum absolute atomic E-state index is 0.0784. The third-order valence-corrected chi connectivity index (χ3v) is 4.32. The quantitative estimate of drug-likeness (QED) is 0.498. The number of carbonyl (C=O) groups is 1. The lowest BCUT2D eigenvalue weighted by Crippen LogP contribution is -2.35.